The van der Waals surface area contributed by atoms with Crippen LogP contribution in [0, 0.1) is 11.8 Å². The van der Waals surface area contributed by atoms with E-state index in [0.717, 1.165) is 60.4 Å². The van der Waals surface area contributed by atoms with Crippen molar-refractivity contribution in [1.82, 2.24) is 14.9 Å². The third-order valence-corrected chi connectivity index (χ3v) is 5.96. The van der Waals surface area contributed by atoms with Gasteiger partial charge >= 0.3 is 0 Å². The van der Waals surface area contributed by atoms with Crippen molar-refractivity contribution in [3.05, 3.63) is 41.6 Å². The highest BCUT2D eigenvalue weighted by Crippen LogP contribution is 2.32. The van der Waals surface area contributed by atoms with E-state index < -0.39 is 0 Å². The van der Waals surface area contributed by atoms with E-state index in [4.69, 9.17) is 9.97 Å². The third kappa shape index (κ3) is 3.75. The highest BCUT2D eigenvalue weighted by atomic mass is 16.2. The smallest absolute Gasteiger partial charge is 0.225 e. The highest BCUT2D eigenvalue weighted by molar-refractivity contribution is 5.78. The third-order valence-electron chi connectivity index (χ3n) is 5.96. The number of hydrogen-bond donors (Lipinski definition) is 0. The van der Waals surface area contributed by atoms with Crippen LogP contribution in [-0.4, -0.2) is 40.4 Å². The van der Waals surface area contributed by atoms with Crippen LogP contribution in [0.25, 0.3) is 11.4 Å². The van der Waals surface area contributed by atoms with Gasteiger partial charge in [-0.15, -0.1) is 0 Å². The highest BCUT2D eigenvalue weighted by Gasteiger charge is 2.29. The molecular formula is C23H30N4O. The molecule has 5 heteroatoms. The standard InChI is InChI=1S/C23H30N4O/c1-16(2)23(28)27-14-11-20-19(15-27)22(26-12-9-17(3)10-13-26)25-21(24-20)18-7-5-4-6-8-18/h4-8,16-17H,9-15H2,1-3H3. The maximum atomic E-state index is 12.6. The van der Waals surface area contributed by atoms with Gasteiger partial charge in [-0.2, -0.15) is 0 Å². The Morgan fingerprint density at radius 3 is 2.46 bits per heavy atom. The van der Waals surface area contributed by atoms with E-state index in [-0.39, 0.29) is 11.8 Å². The molecule has 2 aliphatic heterocycles. The second-order valence-corrected chi connectivity index (χ2v) is 8.50. The van der Waals surface area contributed by atoms with Gasteiger partial charge in [0.05, 0.1) is 12.2 Å². The summed E-state index contributed by atoms with van der Waals surface area (Å²) in [7, 11) is 0. The van der Waals surface area contributed by atoms with Crippen LogP contribution in [0.1, 0.15) is 44.9 Å². The molecule has 0 saturated carbocycles. The summed E-state index contributed by atoms with van der Waals surface area (Å²) in [6.07, 6.45) is 3.18. The Labute approximate surface area is 167 Å². The van der Waals surface area contributed by atoms with Crippen molar-refractivity contribution in [2.75, 3.05) is 24.5 Å². The van der Waals surface area contributed by atoms with Gasteiger partial charge in [-0.25, -0.2) is 9.97 Å². The van der Waals surface area contributed by atoms with Gasteiger partial charge < -0.3 is 9.80 Å². The molecule has 2 aromatic rings. The van der Waals surface area contributed by atoms with E-state index >= 15 is 0 Å². The zero-order valence-corrected chi connectivity index (χ0v) is 17.2. The molecule has 0 N–H and O–H groups in total. The number of benzene rings is 1. The van der Waals surface area contributed by atoms with Gasteiger partial charge in [0.15, 0.2) is 5.82 Å². The Morgan fingerprint density at radius 2 is 1.79 bits per heavy atom. The number of anilines is 1. The molecule has 4 rings (SSSR count). The van der Waals surface area contributed by atoms with Gasteiger partial charge in [-0.05, 0) is 18.8 Å². The molecule has 148 valence electrons. The summed E-state index contributed by atoms with van der Waals surface area (Å²) in [4.78, 5) is 26.9. The normalized spacial score (nSPS) is 17.7. The fraction of sp³-hybridized carbons (Fsp3) is 0.522. The van der Waals surface area contributed by atoms with Crippen LogP contribution in [0.4, 0.5) is 5.82 Å². The SMILES string of the molecule is CC1CCN(c2nc(-c3ccccc3)nc3c2CN(C(=O)C(C)C)CC3)CC1. The quantitative estimate of drug-likeness (QED) is 0.812. The summed E-state index contributed by atoms with van der Waals surface area (Å²) < 4.78 is 0. The first-order valence-electron chi connectivity index (χ1n) is 10.5. The van der Waals surface area contributed by atoms with Gasteiger partial charge in [0.2, 0.25) is 5.91 Å². The van der Waals surface area contributed by atoms with E-state index in [1.165, 1.54) is 12.8 Å². The Hall–Kier alpha value is -2.43. The zero-order valence-electron chi connectivity index (χ0n) is 17.2. The lowest BCUT2D eigenvalue weighted by molar-refractivity contribution is -0.135. The van der Waals surface area contributed by atoms with Gasteiger partial charge in [0.1, 0.15) is 5.82 Å². The Bertz CT molecular complexity index is 841. The molecule has 5 nitrogen and oxygen atoms in total. The molecule has 1 aromatic carbocycles. The molecule has 3 heterocycles. The number of amides is 1. The van der Waals surface area contributed by atoms with Crippen molar-refractivity contribution in [2.24, 2.45) is 11.8 Å². The summed E-state index contributed by atoms with van der Waals surface area (Å²) in [5.74, 6) is 2.84. The van der Waals surface area contributed by atoms with Crippen LogP contribution in [0.15, 0.2) is 30.3 Å². The van der Waals surface area contributed by atoms with E-state index in [1.807, 2.05) is 36.9 Å². The lowest BCUT2D eigenvalue weighted by atomic mass is 9.97. The maximum absolute atomic E-state index is 12.6. The summed E-state index contributed by atoms with van der Waals surface area (Å²) in [6.45, 7) is 9.69. The fourth-order valence-corrected chi connectivity index (χ4v) is 4.15. The predicted molar refractivity (Wildman–Crippen MR) is 112 cm³/mol. The predicted octanol–water partition coefficient (Wildman–Crippen LogP) is 3.92. The molecule has 0 radical (unpaired) electrons. The molecule has 28 heavy (non-hydrogen) atoms. The monoisotopic (exact) mass is 378 g/mol. The van der Waals surface area contributed by atoms with Crippen LogP contribution in [-0.2, 0) is 17.8 Å². The largest absolute Gasteiger partial charge is 0.356 e. The van der Waals surface area contributed by atoms with Crippen molar-refractivity contribution in [3.63, 3.8) is 0 Å². The molecule has 0 bridgehead atoms. The van der Waals surface area contributed by atoms with E-state index in [0.29, 0.717) is 6.54 Å². The summed E-state index contributed by atoms with van der Waals surface area (Å²) in [5, 5.41) is 0. The van der Waals surface area contributed by atoms with Gasteiger partial charge in [0.25, 0.3) is 0 Å². The van der Waals surface area contributed by atoms with Crippen molar-refractivity contribution in [3.8, 4) is 11.4 Å². The average molecular weight is 379 g/mol. The number of hydrogen-bond acceptors (Lipinski definition) is 4. The first-order valence-corrected chi connectivity index (χ1v) is 10.5. The second-order valence-electron chi connectivity index (χ2n) is 8.50. The minimum atomic E-state index is 0.0188. The first kappa shape index (κ1) is 18.9. The summed E-state index contributed by atoms with van der Waals surface area (Å²) in [6, 6.07) is 10.2. The minimum Gasteiger partial charge on any atom is -0.356 e. The molecular weight excluding hydrogens is 348 g/mol. The van der Waals surface area contributed by atoms with Crippen molar-refractivity contribution in [1.29, 1.82) is 0 Å². The molecule has 0 atom stereocenters. The van der Waals surface area contributed by atoms with Crippen LogP contribution in [0.5, 0.6) is 0 Å². The Balaban J connectivity index is 1.74. The Kier molecular flexibility index (Phi) is 5.33. The van der Waals surface area contributed by atoms with Crippen molar-refractivity contribution in [2.45, 2.75) is 46.6 Å². The fourth-order valence-electron chi connectivity index (χ4n) is 4.15. The van der Waals surface area contributed by atoms with E-state index in [9.17, 15) is 4.79 Å². The summed E-state index contributed by atoms with van der Waals surface area (Å²) >= 11 is 0. The maximum Gasteiger partial charge on any atom is 0.225 e. The van der Waals surface area contributed by atoms with Gasteiger partial charge in [0, 0.05) is 43.1 Å². The molecule has 1 fully saturated rings. The molecule has 0 unspecified atom stereocenters. The molecule has 0 aliphatic carbocycles. The average Bonchev–Trinajstić information content (AvgIpc) is 2.73. The summed E-state index contributed by atoms with van der Waals surface area (Å²) in [5.41, 5.74) is 3.31. The topological polar surface area (TPSA) is 49.3 Å². The van der Waals surface area contributed by atoms with Crippen LogP contribution >= 0.6 is 0 Å². The number of carbonyl (C=O) groups is 1. The van der Waals surface area contributed by atoms with Crippen LogP contribution in [0.2, 0.25) is 0 Å². The number of aromatic nitrogens is 2. The molecule has 0 spiro atoms. The van der Waals surface area contributed by atoms with Crippen molar-refractivity contribution < 1.29 is 4.79 Å². The molecule has 2 aliphatic rings. The molecule has 1 amide bonds. The Morgan fingerprint density at radius 1 is 1.07 bits per heavy atom. The number of carbonyl (C=O) groups excluding carboxylic acids is 1. The molecule has 1 saturated heterocycles. The lowest BCUT2D eigenvalue weighted by Crippen LogP contribution is -2.41. The number of rotatable bonds is 3. The first-order chi connectivity index (χ1) is 13.5. The minimum absolute atomic E-state index is 0.0188. The van der Waals surface area contributed by atoms with Crippen LogP contribution in [0.3, 0.4) is 0 Å². The van der Waals surface area contributed by atoms with Crippen LogP contribution < -0.4 is 4.90 Å². The lowest BCUT2D eigenvalue weighted by Gasteiger charge is -2.36. The van der Waals surface area contributed by atoms with Gasteiger partial charge in [-0.1, -0.05) is 51.1 Å². The number of nitrogens with zero attached hydrogens (tertiary/aromatic N) is 4. The number of piperidine rings is 1. The van der Waals surface area contributed by atoms with Crippen molar-refractivity contribution >= 4 is 11.7 Å². The zero-order chi connectivity index (χ0) is 19.7. The van der Waals surface area contributed by atoms with E-state index in [2.05, 4.69) is 24.0 Å². The number of fused-ring (bicyclic) bond motifs is 1. The molecule has 1 aromatic heterocycles. The second kappa shape index (κ2) is 7.90. The van der Waals surface area contributed by atoms with E-state index in [1.54, 1.807) is 0 Å². The van der Waals surface area contributed by atoms with Gasteiger partial charge in [-0.3, -0.25) is 4.79 Å².